The lowest BCUT2D eigenvalue weighted by molar-refractivity contribution is 0.0494. The van der Waals surface area contributed by atoms with Gasteiger partial charge in [0.2, 0.25) is 0 Å². The van der Waals surface area contributed by atoms with Crippen LogP contribution < -0.4 is 5.73 Å². The molecule has 0 amide bonds. The van der Waals surface area contributed by atoms with Gasteiger partial charge in [-0.3, -0.25) is 4.68 Å². The third-order valence-corrected chi connectivity index (χ3v) is 3.11. The van der Waals surface area contributed by atoms with E-state index in [1.54, 1.807) is 22.3 Å². The molecule has 2 aromatic heterocycles. The van der Waals surface area contributed by atoms with Gasteiger partial charge in [0.1, 0.15) is 11.5 Å². The van der Waals surface area contributed by atoms with Crippen molar-refractivity contribution in [2.75, 3.05) is 12.3 Å². The third-order valence-electron chi connectivity index (χ3n) is 2.20. The predicted molar refractivity (Wildman–Crippen MR) is 66.0 cm³/mol. The molecule has 0 spiro atoms. The molecule has 90 valence electrons. The summed E-state index contributed by atoms with van der Waals surface area (Å²) in [6.45, 7) is 2.80. The summed E-state index contributed by atoms with van der Waals surface area (Å²) in [5, 5.41) is 5.86. The number of nitrogens with zero attached hydrogens (tertiary/aromatic N) is 2. The van der Waals surface area contributed by atoms with Gasteiger partial charge in [0.15, 0.2) is 0 Å². The quantitative estimate of drug-likeness (QED) is 0.839. The van der Waals surface area contributed by atoms with Gasteiger partial charge < -0.3 is 10.5 Å². The Labute approximate surface area is 103 Å². The molecule has 2 rings (SSSR count). The van der Waals surface area contributed by atoms with Gasteiger partial charge in [-0.1, -0.05) is 0 Å². The summed E-state index contributed by atoms with van der Waals surface area (Å²) in [5.74, 6) is -0.374. The van der Waals surface area contributed by atoms with Crippen molar-refractivity contribution in [3.63, 3.8) is 0 Å². The second-order valence-corrected chi connectivity index (χ2v) is 4.54. The van der Waals surface area contributed by atoms with E-state index in [1.165, 1.54) is 11.3 Å². The summed E-state index contributed by atoms with van der Waals surface area (Å²) in [6, 6.07) is 1.69. The molecule has 2 aromatic rings. The first-order valence-electron chi connectivity index (χ1n) is 5.16. The summed E-state index contributed by atoms with van der Waals surface area (Å²) in [7, 11) is 0. The number of hydrogen-bond acceptors (Lipinski definition) is 5. The second kappa shape index (κ2) is 5.01. The van der Waals surface area contributed by atoms with Crippen molar-refractivity contribution in [3.8, 4) is 0 Å². The molecule has 0 saturated heterocycles. The number of ether oxygens (including phenoxy) is 1. The fourth-order valence-electron chi connectivity index (χ4n) is 1.37. The van der Waals surface area contributed by atoms with Crippen molar-refractivity contribution in [2.45, 2.75) is 13.5 Å². The van der Waals surface area contributed by atoms with E-state index in [4.69, 9.17) is 10.5 Å². The number of carbonyl (C=O) groups is 1. The Morgan fingerprint density at radius 1 is 1.65 bits per heavy atom. The molecular weight excluding hydrogens is 238 g/mol. The zero-order valence-corrected chi connectivity index (χ0v) is 10.2. The number of aromatic nitrogens is 2. The summed E-state index contributed by atoms with van der Waals surface area (Å²) >= 11 is 1.29. The zero-order chi connectivity index (χ0) is 12.3. The molecule has 0 atom stereocenters. The number of carbonyl (C=O) groups excluding carboxylic acids is 1. The van der Waals surface area contributed by atoms with Gasteiger partial charge in [-0.25, -0.2) is 4.79 Å². The summed E-state index contributed by atoms with van der Waals surface area (Å²) in [4.78, 5) is 12.1. The average molecular weight is 251 g/mol. The van der Waals surface area contributed by atoms with Crippen LogP contribution in [0.25, 0.3) is 0 Å². The molecule has 0 aliphatic rings. The molecule has 0 aliphatic carbocycles. The number of nitrogen functional groups attached to an aromatic ring is 1. The van der Waals surface area contributed by atoms with Crippen LogP contribution in [0.3, 0.4) is 0 Å². The van der Waals surface area contributed by atoms with Crippen LogP contribution in [-0.2, 0) is 11.3 Å². The lowest BCUT2D eigenvalue weighted by atomic mass is 10.4. The molecule has 0 aliphatic heterocycles. The van der Waals surface area contributed by atoms with Crippen LogP contribution in [0.2, 0.25) is 0 Å². The molecule has 17 heavy (non-hydrogen) atoms. The second-order valence-electron chi connectivity index (χ2n) is 3.62. The minimum Gasteiger partial charge on any atom is -0.459 e. The van der Waals surface area contributed by atoms with Crippen LogP contribution in [0.15, 0.2) is 23.8 Å². The number of thiophene rings is 1. The third kappa shape index (κ3) is 2.85. The van der Waals surface area contributed by atoms with Crippen LogP contribution in [-0.4, -0.2) is 22.4 Å². The Morgan fingerprint density at radius 2 is 2.47 bits per heavy atom. The van der Waals surface area contributed by atoms with Gasteiger partial charge >= 0.3 is 5.97 Å². The van der Waals surface area contributed by atoms with Gasteiger partial charge in [-0.15, -0.1) is 11.3 Å². The highest BCUT2D eigenvalue weighted by molar-refractivity contribution is 7.12. The molecule has 0 aromatic carbocycles. The lowest BCUT2D eigenvalue weighted by Gasteiger charge is -2.04. The van der Waals surface area contributed by atoms with Gasteiger partial charge in [0.05, 0.1) is 18.4 Å². The van der Waals surface area contributed by atoms with E-state index in [9.17, 15) is 4.79 Å². The topological polar surface area (TPSA) is 70.1 Å². The number of aryl methyl sites for hydroxylation is 1. The Morgan fingerprint density at radius 3 is 3.06 bits per heavy atom. The van der Waals surface area contributed by atoms with Crippen LogP contribution >= 0.6 is 11.3 Å². The maximum Gasteiger partial charge on any atom is 0.350 e. The van der Waals surface area contributed by atoms with E-state index in [0.29, 0.717) is 17.1 Å². The standard InChI is InChI=1S/C11H13N3O2S/c1-8-6-13-14(7-8)3-4-16-11(15)10-9(12)2-5-17-10/h2,5-7H,3-4,12H2,1H3. The van der Waals surface area contributed by atoms with E-state index < -0.39 is 0 Å². The average Bonchev–Trinajstić information content (AvgIpc) is 2.87. The zero-order valence-electron chi connectivity index (χ0n) is 9.42. The first kappa shape index (κ1) is 11.7. The summed E-state index contributed by atoms with van der Waals surface area (Å²) in [5.41, 5.74) is 7.17. The minimum atomic E-state index is -0.374. The van der Waals surface area contributed by atoms with E-state index in [2.05, 4.69) is 5.10 Å². The minimum absolute atomic E-state index is 0.289. The van der Waals surface area contributed by atoms with Crippen LogP contribution in [0, 0.1) is 6.92 Å². The highest BCUT2D eigenvalue weighted by atomic mass is 32.1. The Hall–Kier alpha value is -1.82. The fourth-order valence-corrected chi connectivity index (χ4v) is 2.08. The summed E-state index contributed by atoms with van der Waals surface area (Å²) in [6.07, 6.45) is 3.66. The molecule has 0 radical (unpaired) electrons. The molecule has 0 fully saturated rings. The van der Waals surface area contributed by atoms with Gasteiger partial charge in [0.25, 0.3) is 0 Å². The van der Waals surface area contributed by atoms with E-state index in [1.807, 2.05) is 13.1 Å². The summed E-state index contributed by atoms with van der Waals surface area (Å²) < 4.78 is 6.85. The van der Waals surface area contributed by atoms with Crippen LogP contribution in [0.1, 0.15) is 15.2 Å². The van der Waals surface area contributed by atoms with E-state index in [0.717, 1.165) is 5.56 Å². The number of esters is 1. The van der Waals surface area contributed by atoms with Crippen molar-refractivity contribution in [3.05, 3.63) is 34.3 Å². The normalized spacial score (nSPS) is 10.4. The highest BCUT2D eigenvalue weighted by Crippen LogP contribution is 2.19. The van der Waals surface area contributed by atoms with Crippen LogP contribution in [0.5, 0.6) is 0 Å². The molecule has 5 nitrogen and oxygen atoms in total. The van der Waals surface area contributed by atoms with Gasteiger partial charge in [-0.2, -0.15) is 5.10 Å². The Kier molecular flexibility index (Phi) is 3.43. The molecule has 2 N–H and O–H groups in total. The number of rotatable bonds is 4. The number of hydrogen-bond donors (Lipinski definition) is 1. The highest BCUT2D eigenvalue weighted by Gasteiger charge is 2.12. The first-order chi connectivity index (χ1) is 8.16. The molecule has 6 heteroatoms. The van der Waals surface area contributed by atoms with Crippen LogP contribution in [0.4, 0.5) is 5.69 Å². The van der Waals surface area contributed by atoms with Crippen molar-refractivity contribution in [1.29, 1.82) is 0 Å². The van der Waals surface area contributed by atoms with Gasteiger partial charge in [0, 0.05) is 6.20 Å². The van der Waals surface area contributed by atoms with Gasteiger partial charge in [-0.05, 0) is 23.9 Å². The lowest BCUT2D eigenvalue weighted by Crippen LogP contribution is -2.11. The first-order valence-corrected chi connectivity index (χ1v) is 6.04. The molecule has 0 saturated carbocycles. The van der Waals surface area contributed by atoms with Crippen molar-refractivity contribution >= 4 is 23.0 Å². The molecule has 0 unspecified atom stereocenters. The Bertz CT molecular complexity index is 518. The fraction of sp³-hybridized carbons (Fsp3) is 0.273. The maximum absolute atomic E-state index is 11.6. The van der Waals surface area contributed by atoms with Crippen molar-refractivity contribution < 1.29 is 9.53 Å². The Balaban J connectivity index is 1.83. The SMILES string of the molecule is Cc1cnn(CCOC(=O)c2sccc2N)c1. The molecule has 2 heterocycles. The monoisotopic (exact) mass is 251 g/mol. The van der Waals surface area contributed by atoms with Crippen molar-refractivity contribution in [1.82, 2.24) is 9.78 Å². The van der Waals surface area contributed by atoms with E-state index >= 15 is 0 Å². The van der Waals surface area contributed by atoms with Crippen molar-refractivity contribution in [2.24, 2.45) is 0 Å². The maximum atomic E-state index is 11.6. The molecule has 0 bridgehead atoms. The smallest absolute Gasteiger partial charge is 0.350 e. The number of anilines is 1. The largest absolute Gasteiger partial charge is 0.459 e. The van der Waals surface area contributed by atoms with E-state index in [-0.39, 0.29) is 12.6 Å². The predicted octanol–water partition coefficient (Wildman–Crippen LogP) is 1.69. The number of nitrogens with two attached hydrogens (primary N) is 1. The molecular formula is C11H13N3O2S.